The molecule has 148 valence electrons. The number of ether oxygens (including phenoxy) is 1. The van der Waals surface area contributed by atoms with E-state index in [1.54, 1.807) is 0 Å². The van der Waals surface area contributed by atoms with Gasteiger partial charge in [0.2, 0.25) is 0 Å². The van der Waals surface area contributed by atoms with Gasteiger partial charge in [0.15, 0.2) is 8.32 Å². The number of rotatable bonds is 9. The zero-order chi connectivity index (χ0) is 19.1. The van der Waals surface area contributed by atoms with Gasteiger partial charge in [-0.05, 0) is 66.6 Å². The molecule has 0 unspecified atom stereocenters. The fraction of sp³-hybridized carbons (Fsp3) is 0.696. The van der Waals surface area contributed by atoms with E-state index in [0.29, 0.717) is 24.0 Å². The average molecular weight is 387 g/mol. The fourth-order valence-electron chi connectivity index (χ4n) is 5.93. The Morgan fingerprint density at radius 1 is 1.15 bits per heavy atom. The number of carbonyl (C=O) groups excluding carboxylic acids is 1. The highest BCUT2D eigenvalue weighted by Crippen LogP contribution is 2.71. The Labute approximate surface area is 165 Å². The van der Waals surface area contributed by atoms with Gasteiger partial charge in [-0.15, -0.1) is 0 Å². The molecular formula is C23H34O3Si. The van der Waals surface area contributed by atoms with Crippen molar-refractivity contribution in [1.29, 1.82) is 0 Å². The summed E-state index contributed by atoms with van der Waals surface area (Å²) in [6, 6.07) is 13.6. The molecule has 0 spiro atoms. The molecular weight excluding hydrogens is 352 g/mol. The molecule has 5 rings (SSSR count). The molecule has 0 radical (unpaired) electrons. The van der Waals surface area contributed by atoms with Crippen LogP contribution in [0.25, 0.3) is 0 Å². The largest absolute Gasteiger partial charge is 0.461 e. The van der Waals surface area contributed by atoms with Crippen LogP contribution in [0.5, 0.6) is 0 Å². The maximum atomic E-state index is 12.6. The van der Waals surface area contributed by atoms with Gasteiger partial charge >= 0.3 is 5.97 Å². The van der Waals surface area contributed by atoms with Crippen LogP contribution in [-0.2, 0) is 20.6 Å². The molecule has 1 aromatic carbocycles. The molecule has 4 saturated carbocycles. The lowest BCUT2D eigenvalue weighted by Gasteiger charge is -2.52. The molecule has 5 atom stereocenters. The van der Waals surface area contributed by atoms with E-state index in [2.05, 4.69) is 20.8 Å². The van der Waals surface area contributed by atoms with Crippen molar-refractivity contribution in [3.05, 3.63) is 35.9 Å². The zero-order valence-corrected chi connectivity index (χ0v) is 18.1. The molecule has 0 aliphatic heterocycles. The van der Waals surface area contributed by atoms with Crippen molar-refractivity contribution in [1.82, 2.24) is 0 Å². The number of carbonyl (C=O) groups is 1. The Hall–Kier alpha value is -1.13. The molecule has 4 heteroatoms. The Kier molecular flexibility index (Phi) is 5.23. The molecule has 0 amide bonds. The van der Waals surface area contributed by atoms with Gasteiger partial charge in [0.1, 0.15) is 6.61 Å². The maximum Gasteiger partial charge on any atom is 0.309 e. The van der Waals surface area contributed by atoms with Crippen LogP contribution < -0.4 is 0 Å². The molecule has 4 aliphatic rings. The highest BCUT2D eigenvalue weighted by Gasteiger charge is 2.70. The first-order valence-corrected chi connectivity index (χ1v) is 13.5. The Morgan fingerprint density at radius 3 is 2.48 bits per heavy atom. The van der Waals surface area contributed by atoms with E-state index in [9.17, 15) is 4.79 Å². The molecule has 0 N–H and O–H groups in total. The van der Waals surface area contributed by atoms with Crippen molar-refractivity contribution >= 4 is 14.3 Å². The van der Waals surface area contributed by atoms with Gasteiger partial charge in [-0.3, -0.25) is 4.79 Å². The van der Waals surface area contributed by atoms with Gasteiger partial charge in [0, 0.05) is 0 Å². The van der Waals surface area contributed by atoms with Crippen molar-refractivity contribution in [3.63, 3.8) is 0 Å². The summed E-state index contributed by atoms with van der Waals surface area (Å²) in [6.07, 6.45) is 5.29. The summed E-state index contributed by atoms with van der Waals surface area (Å²) in [5.41, 5.74) is 1.36. The topological polar surface area (TPSA) is 35.5 Å². The van der Waals surface area contributed by atoms with Gasteiger partial charge < -0.3 is 9.16 Å². The molecule has 0 saturated heterocycles. The van der Waals surface area contributed by atoms with E-state index >= 15 is 0 Å². The minimum Gasteiger partial charge on any atom is -0.461 e. The predicted octanol–water partition coefficient (Wildman–Crippen LogP) is 5.56. The first kappa shape index (κ1) is 19.2. The van der Waals surface area contributed by atoms with Crippen LogP contribution >= 0.6 is 0 Å². The zero-order valence-electron chi connectivity index (χ0n) is 17.1. The summed E-state index contributed by atoms with van der Waals surface area (Å²) in [5.74, 6) is 1.38. The molecule has 0 aromatic heterocycles. The molecule has 2 bridgehead atoms. The van der Waals surface area contributed by atoms with Crippen molar-refractivity contribution in [2.75, 3.05) is 0 Å². The van der Waals surface area contributed by atoms with Crippen molar-refractivity contribution in [2.24, 2.45) is 23.2 Å². The Bertz CT molecular complexity index is 659. The number of benzene rings is 1. The smallest absolute Gasteiger partial charge is 0.309 e. The third-order valence-corrected chi connectivity index (χ3v) is 12.6. The third kappa shape index (κ3) is 3.29. The summed E-state index contributed by atoms with van der Waals surface area (Å²) in [6.45, 7) is 7.34. The first-order chi connectivity index (χ1) is 13.1. The number of esters is 1. The number of fused-ring (bicyclic) bond motifs is 1. The van der Waals surface area contributed by atoms with E-state index in [-0.39, 0.29) is 11.9 Å². The van der Waals surface area contributed by atoms with Crippen LogP contribution in [0.3, 0.4) is 0 Å². The SMILES string of the molecule is CC[Si](CC)(CC)O[C@H]1[C@@H]2CC[C@@]1([C@@H]1C[C@H]1C(=O)OCc1ccccc1)C2. The highest BCUT2D eigenvalue weighted by molar-refractivity contribution is 6.73. The van der Waals surface area contributed by atoms with Crippen LogP contribution in [0.4, 0.5) is 0 Å². The second-order valence-electron chi connectivity index (χ2n) is 9.06. The summed E-state index contributed by atoms with van der Waals surface area (Å²) in [7, 11) is -1.58. The highest BCUT2D eigenvalue weighted by atomic mass is 28.4. The summed E-state index contributed by atoms with van der Waals surface area (Å²) >= 11 is 0. The standard InChI is InChI=1S/C23H34O3Si/c1-4-27(5-2,6-3)26-21-18-12-13-23(21,15-18)20-14-19(20)22(24)25-16-17-10-8-7-9-11-17/h7-11,18-21H,4-6,12-16H2,1-3H3/t18-,19-,20-,21+,23+/m1/s1. The Balaban J connectivity index is 1.37. The third-order valence-electron chi connectivity index (χ3n) is 7.98. The molecule has 27 heavy (non-hydrogen) atoms. The molecule has 1 aromatic rings. The van der Waals surface area contributed by atoms with Crippen LogP contribution in [0.1, 0.15) is 52.0 Å². The van der Waals surface area contributed by atoms with Gasteiger partial charge in [0.25, 0.3) is 0 Å². The maximum absolute atomic E-state index is 12.6. The van der Waals surface area contributed by atoms with Gasteiger partial charge in [-0.1, -0.05) is 51.1 Å². The average Bonchev–Trinajstić information content (AvgIpc) is 3.28. The van der Waals surface area contributed by atoms with Crippen molar-refractivity contribution in [2.45, 2.75) is 77.3 Å². The second kappa shape index (κ2) is 7.36. The Morgan fingerprint density at radius 2 is 1.85 bits per heavy atom. The van der Waals surface area contributed by atoms with Gasteiger partial charge in [0.05, 0.1) is 12.0 Å². The van der Waals surface area contributed by atoms with E-state index in [1.807, 2.05) is 30.3 Å². The van der Waals surface area contributed by atoms with E-state index < -0.39 is 8.32 Å². The molecule has 4 fully saturated rings. The van der Waals surface area contributed by atoms with Crippen molar-refractivity contribution in [3.8, 4) is 0 Å². The molecule has 4 aliphatic carbocycles. The fourth-order valence-corrected chi connectivity index (χ4v) is 8.90. The van der Waals surface area contributed by atoms with Crippen molar-refractivity contribution < 1.29 is 14.0 Å². The summed E-state index contributed by atoms with van der Waals surface area (Å²) in [4.78, 5) is 12.6. The number of hydrogen-bond acceptors (Lipinski definition) is 3. The minimum atomic E-state index is -1.58. The first-order valence-electron chi connectivity index (χ1n) is 11.0. The number of hydrogen-bond donors (Lipinski definition) is 0. The summed E-state index contributed by atoms with van der Waals surface area (Å²) in [5, 5.41) is 0. The lowest BCUT2D eigenvalue weighted by atomic mass is 9.63. The monoisotopic (exact) mass is 386 g/mol. The minimum absolute atomic E-state index is 0.0114. The second-order valence-corrected chi connectivity index (χ2v) is 13.8. The summed E-state index contributed by atoms with van der Waals surface area (Å²) < 4.78 is 12.6. The normalized spacial score (nSPS) is 34.2. The molecule has 3 nitrogen and oxygen atoms in total. The lowest BCUT2D eigenvalue weighted by molar-refractivity contribution is -0.148. The van der Waals surface area contributed by atoms with Crippen LogP contribution in [-0.4, -0.2) is 20.4 Å². The van der Waals surface area contributed by atoms with E-state index in [4.69, 9.17) is 9.16 Å². The van der Waals surface area contributed by atoms with Gasteiger partial charge in [-0.25, -0.2) is 0 Å². The van der Waals surface area contributed by atoms with Crippen LogP contribution in [0, 0.1) is 23.2 Å². The van der Waals surface area contributed by atoms with E-state index in [0.717, 1.165) is 17.9 Å². The van der Waals surface area contributed by atoms with Crippen LogP contribution in [0.2, 0.25) is 18.1 Å². The van der Waals surface area contributed by atoms with Crippen LogP contribution in [0.15, 0.2) is 30.3 Å². The lowest BCUT2D eigenvalue weighted by Crippen LogP contribution is -2.55. The molecule has 0 heterocycles. The van der Waals surface area contributed by atoms with Gasteiger partial charge in [-0.2, -0.15) is 0 Å². The quantitative estimate of drug-likeness (QED) is 0.412. The van der Waals surface area contributed by atoms with E-state index in [1.165, 1.54) is 37.4 Å². The predicted molar refractivity (Wildman–Crippen MR) is 110 cm³/mol.